The van der Waals surface area contributed by atoms with Gasteiger partial charge in [-0.2, -0.15) is 0 Å². The van der Waals surface area contributed by atoms with Gasteiger partial charge >= 0.3 is 0 Å². The summed E-state index contributed by atoms with van der Waals surface area (Å²) in [6.45, 7) is 4.20. The first-order chi connectivity index (χ1) is 9.17. The molecule has 0 bridgehead atoms. The third-order valence-electron chi connectivity index (χ3n) is 3.49. The van der Waals surface area contributed by atoms with E-state index >= 15 is 0 Å². The zero-order valence-corrected chi connectivity index (χ0v) is 12.7. The predicted molar refractivity (Wildman–Crippen MR) is 79.1 cm³/mol. The summed E-state index contributed by atoms with van der Waals surface area (Å²) in [5.41, 5.74) is 2.50. The number of hydrogen-bond donors (Lipinski definition) is 0. The Kier molecular flexibility index (Phi) is 3.40. The Morgan fingerprint density at radius 2 is 2.16 bits per heavy atom. The van der Waals surface area contributed by atoms with Crippen LogP contribution in [0.25, 0.3) is 0 Å². The maximum Gasteiger partial charge on any atom is 0.123 e. The van der Waals surface area contributed by atoms with Gasteiger partial charge in [-0.25, -0.2) is 0 Å². The van der Waals surface area contributed by atoms with E-state index in [0.717, 1.165) is 30.1 Å². The molecule has 2 unspecified atom stereocenters. The van der Waals surface area contributed by atoms with Crippen molar-refractivity contribution in [2.24, 2.45) is 0 Å². The van der Waals surface area contributed by atoms with Crippen LogP contribution in [0.2, 0.25) is 0 Å². The lowest BCUT2D eigenvalue weighted by Crippen LogP contribution is -2.05. The number of alkyl halides is 1. The van der Waals surface area contributed by atoms with E-state index in [9.17, 15) is 0 Å². The molecule has 2 atom stereocenters. The molecule has 2 nitrogen and oxygen atoms in total. The van der Waals surface area contributed by atoms with E-state index in [1.807, 2.05) is 12.1 Å². The average molecular weight is 321 g/mol. The monoisotopic (exact) mass is 320 g/mol. The largest absolute Gasteiger partial charge is 0.490 e. The third-order valence-corrected chi connectivity index (χ3v) is 4.47. The fourth-order valence-electron chi connectivity index (χ4n) is 2.48. The van der Waals surface area contributed by atoms with Gasteiger partial charge in [0, 0.05) is 12.8 Å². The number of halogens is 1. The molecular weight excluding hydrogens is 304 g/mol. The van der Waals surface area contributed by atoms with Crippen molar-refractivity contribution in [1.29, 1.82) is 0 Å². The second-order valence-electron chi connectivity index (χ2n) is 5.02. The molecule has 0 aliphatic carbocycles. The van der Waals surface area contributed by atoms with Crippen LogP contribution < -0.4 is 4.74 Å². The minimum Gasteiger partial charge on any atom is -0.490 e. The van der Waals surface area contributed by atoms with Crippen LogP contribution in [0.5, 0.6) is 5.75 Å². The van der Waals surface area contributed by atoms with Crippen LogP contribution in [0, 0.1) is 0 Å². The van der Waals surface area contributed by atoms with Crippen molar-refractivity contribution >= 4 is 15.9 Å². The van der Waals surface area contributed by atoms with Crippen molar-refractivity contribution in [3.63, 3.8) is 0 Å². The van der Waals surface area contributed by atoms with E-state index in [-0.39, 0.29) is 10.9 Å². The Morgan fingerprint density at radius 1 is 1.32 bits per heavy atom. The van der Waals surface area contributed by atoms with Gasteiger partial charge in [0.25, 0.3) is 0 Å². The molecular formula is C16H17BrO2. The number of aryl methyl sites for hydroxylation is 1. The van der Waals surface area contributed by atoms with E-state index in [1.165, 1.54) is 11.1 Å². The molecule has 100 valence electrons. The van der Waals surface area contributed by atoms with Gasteiger partial charge in [-0.3, -0.25) is 0 Å². The molecule has 0 radical (unpaired) electrons. The van der Waals surface area contributed by atoms with E-state index in [4.69, 9.17) is 9.15 Å². The zero-order valence-electron chi connectivity index (χ0n) is 11.2. The molecule has 0 N–H and O–H groups in total. The molecule has 0 fully saturated rings. The minimum absolute atomic E-state index is 0.106. The highest BCUT2D eigenvalue weighted by atomic mass is 79.9. The van der Waals surface area contributed by atoms with Crippen molar-refractivity contribution in [2.75, 3.05) is 0 Å². The van der Waals surface area contributed by atoms with Gasteiger partial charge in [0.2, 0.25) is 0 Å². The van der Waals surface area contributed by atoms with Crippen molar-refractivity contribution in [3.8, 4) is 5.75 Å². The normalized spacial score (nSPS) is 19.0. The van der Waals surface area contributed by atoms with Crippen molar-refractivity contribution < 1.29 is 9.15 Å². The van der Waals surface area contributed by atoms with Crippen LogP contribution in [-0.4, -0.2) is 6.10 Å². The molecule has 1 aliphatic rings. The Bertz CT molecular complexity index is 588. The number of benzene rings is 1. The molecule has 1 aliphatic heterocycles. The van der Waals surface area contributed by atoms with Crippen LogP contribution in [0.3, 0.4) is 0 Å². The van der Waals surface area contributed by atoms with Crippen LogP contribution in [0.1, 0.15) is 41.3 Å². The van der Waals surface area contributed by atoms with Gasteiger partial charge in [0.05, 0.1) is 4.83 Å². The molecule has 1 aromatic heterocycles. The molecule has 3 rings (SSSR count). The molecule has 2 aromatic rings. The SMILES string of the molecule is CCc1ccc(C(Br)c2ccc3c(c2)CC(C)O3)o1. The molecule has 0 amide bonds. The standard InChI is InChI=1S/C16H17BrO2/c1-3-13-5-7-15(19-13)16(17)11-4-6-14-12(9-11)8-10(2)18-14/h4-7,9-10,16H,3,8H2,1-2H3. The highest BCUT2D eigenvalue weighted by Gasteiger charge is 2.22. The molecule has 19 heavy (non-hydrogen) atoms. The van der Waals surface area contributed by atoms with E-state index < -0.39 is 0 Å². The van der Waals surface area contributed by atoms with Gasteiger partial charge < -0.3 is 9.15 Å². The lowest BCUT2D eigenvalue weighted by atomic mass is 10.0. The molecule has 0 spiro atoms. The molecule has 1 aromatic carbocycles. The number of rotatable bonds is 3. The maximum absolute atomic E-state index is 5.81. The van der Waals surface area contributed by atoms with Gasteiger partial charge in [-0.15, -0.1) is 0 Å². The highest BCUT2D eigenvalue weighted by Crippen LogP contribution is 2.36. The Labute approximate surface area is 121 Å². The smallest absolute Gasteiger partial charge is 0.123 e. The number of furan rings is 1. The summed E-state index contributed by atoms with van der Waals surface area (Å²) in [5, 5.41) is 0. The number of hydrogen-bond acceptors (Lipinski definition) is 2. The van der Waals surface area contributed by atoms with Crippen LogP contribution in [-0.2, 0) is 12.8 Å². The average Bonchev–Trinajstić information content (AvgIpc) is 3.01. The van der Waals surface area contributed by atoms with Gasteiger partial charge in [-0.1, -0.05) is 35.0 Å². The Hall–Kier alpha value is -1.22. The Balaban J connectivity index is 1.88. The Morgan fingerprint density at radius 3 is 2.89 bits per heavy atom. The molecule has 3 heteroatoms. The van der Waals surface area contributed by atoms with Gasteiger partial charge in [0.1, 0.15) is 23.4 Å². The topological polar surface area (TPSA) is 22.4 Å². The highest BCUT2D eigenvalue weighted by molar-refractivity contribution is 9.09. The summed E-state index contributed by atoms with van der Waals surface area (Å²) in [7, 11) is 0. The van der Waals surface area contributed by atoms with E-state index in [0.29, 0.717) is 0 Å². The molecule has 0 saturated heterocycles. The summed E-state index contributed by atoms with van der Waals surface area (Å²) < 4.78 is 11.5. The summed E-state index contributed by atoms with van der Waals surface area (Å²) >= 11 is 3.73. The molecule has 0 saturated carbocycles. The zero-order chi connectivity index (χ0) is 13.4. The first-order valence-corrected chi connectivity index (χ1v) is 7.61. The molecule has 2 heterocycles. The quantitative estimate of drug-likeness (QED) is 0.768. The minimum atomic E-state index is 0.106. The lowest BCUT2D eigenvalue weighted by molar-refractivity contribution is 0.254. The van der Waals surface area contributed by atoms with Gasteiger partial charge in [-0.05, 0) is 36.2 Å². The lowest BCUT2D eigenvalue weighted by Gasteiger charge is -2.09. The first-order valence-electron chi connectivity index (χ1n) is 6.69. The van der Waals surface area contributed by atoms with Crippen LogP contribution in [0.15, 0.2) is 34.7 Å². The maximum atomic E-state index is 5.81. The van der Waals surface area contributed by atoms with Crippen molar-refractivity contribution in [3.05, 3.63) is 53.0 Å². The third kappa shape index (κ3) is 2.44. The fraction of sp³-hybridized carbons (Fsp3) is 0.375. The first kappa shape index (κ1) is 12.8. The second kappa shape index (κ2) is 5.04. The van der Waals surface area contributed by atoms with Crippen LogP contribution in [0.4, 0.5) is 0 Å². The summed E-state index contributed by atoms with van der Waals surface area (Å²) in [6.07, 6.45) is 2.20. The van der Waals surface area contributed by atoms with Crippen molar-refractivity contribution in [1.82, 2.24) is 0 Å². The summed E-state index contributed by atoms with van der Waals surface area (Å²) in [5.74, 6) is 3.01. The van der Waals surface area contributed by atoms with Crippen molar-refractivity contribution in [2.45, 2.75) is 37.6 Å². The summed E-state index contributed by atoms with van der Waals surface area (Å²) in [6, 6.07) is 10.5. The van der Waals surface area contributed by atoms with E-state index in [1.54, 1.807) is 0 Å². The number of ether oxygens (including phenoxy) is 1. The summed E-state index contributed by atoms with van der Waals surface area (Å²) in [4.78, 5) is 0.106. The second-order valence-corrected chi connectivity index (χ2v) is 5.94. The van der Waals surface area contributed by atoms with E-state index in [2.05, 4.69) is 48.0 Å². The van der Waals surface area contributed by atoms with Crippen LogP contribution >= 0.6 is 15.9 Å². The number of fused-ring (bicyclic) bond motifs is 1. The van der Waals surface area contributed by atoms with Gasteiger partial charge in [0.15, 0.2) is 0 Å². The fourth-order valence-corrected chi connectivity index (χ4v) is 3.02. The predicted octanol–water partition coefficient (Wildman–Crippen LogP) is 4.65.